The Hall–Kier alpha value is -0.610. The first-order valence-corrected chi connectivity index (χ1v) is 8.07. The van der Waals surface area contributed by atoms with E-state index in [0.717, 1.165) is 38.9 Å². The lowest BCUT2D eigenvalue weighted by Crippen LogP contribution is -2.53. The highest BCUT2D eigenvalue weighted by Crippen LogP contribution is 2.15. The molecule has 0 saturated heterocycles. The summed E-state index contributed by atoms with van der Waals surface area (Å²) in [5.41, 5.74) is -0.576. The van der Waals surface area contributed by atoms with Gasteiger partial charge in [-0.25, -0.2) is 0 Å². The Morgan fingerprint density at radius 2 is 1.85 bits per heavy atom. The number of esters is 1. The highest BCUT2D eigenvalue weighted by Gasteiger charge is 2.34. The average molecular weight is 286 g/mol. The van der Waals surface area contributed by atoms with Gasteiger partial charge in [0, 0.05) is 12.6 Å². The number of ether oxygens (including phenoxy) is 1. The van der Waals surface area contributed by atoms with Crippen LogP contribution in [0.4, 0.5) is 0 Å². The van der Waals surface area contributed by atoms with Crippen molar-refractivity contribution in [2.75, 3.05) is 26.2 Å². The van der Waals surface area contributed by atoms with Crippen molar-refractivity contribution < 1.29 is 9.53 Å². The summed E-state index contributed by atoms with van der Waals surface area (Å²) in [5.74, 6) is -0.131. The Bertz CT molecular complexity index is 269. The summed E-state index contributed by atoms with van der Waals surface area (Å²) < 4.78 is 5.24. The van der Waals surface area contributed by atoms with E-state index in [1.54, 1.807) is 0 Å². The summed E-state index contributed by atoms with van der Waals surface area (Å²) in [6.07, 6.45) is 2.93. The maximum Gasteiger partial charge on any atom is 0.326 e. The normalized spacial score (nSPS) is 14.6. The lowest BCUT2D eigenvalue weighted by atomic mass is 9.96. The van der Waals surface area contributed by atoms with Crippen LogP contribution >= 0.6 is 0 Å². The zero-order valence-electron chi connectivity index (χ0n) is 14.3. The van der Waals surface area contributed by atoms with Crippen molar-refractivity contribution >= 4 is 5.97 Å². The maximum absolute atomic E-state index is 12.2. The predicted octanol–water partition coefficient (Wildman–Crippen LogP) is 2.82. The number of carbonyl (C=O) groups excluding carboxylic acids is 1. The summed E-state index contributed by atoms with van der Waals surface area (Å²) in [6, 6.07) is 0.507. The Morgan fingerprint density at radius 1 is 1.20 bits per heavy atom. The molecule has 0 aliphatic rings. The minimum absolute atomic E-state index is 0.131. The molecule has 0 aliphatic heterocycles. The molecule has 0 heterocycles. The van der Waals surface area contributed by atoms with E-state index in [0.29, 0.717) is 12.6 Å². The minimum atomic E-state index is -0.576. The fraction of sp³-hybridized carbons (Fsp3) is 0.938. The Labute approximate surface area is 125 Å². The van der Waals surface area contributed by atoms with Gasteiger partial charge in [0.15, 0.2) is 0 Å². The first-order chi connectivity index (χ1) is 9.41. The monoisotopic (exact) mass is 286 g/mol. The highest BCUT2D eigenvalue weighted by atomic mass is 16.5. The van der Waals surface area contributed by atoms with E-state index in [1.165, 1.54) is 0 Å². The van der Waals surface area contributed by atoms with Crippen LogP contribution in [0, 0.1) is 0 Å². The maximum atomic E-state index is 12.2. The predicted molar refractivity (Wildman–Crippen MR) is 84.9 cm³/mol. The molecule has 4 heteroatoms. The number of carbonyl (C=O) groups is 1. The summed E-state index contributed by atoms with van der Waals surface area (Å²) in [4.78, 5) is 14.6. The largest absolute Gasteiger partial charge is 0.465 e. The van der Waals surface area contributed by atoms with Crippen molar-refractivity contribution in [3.05, 3.63) is 0 Å². The van der Waals surface area contributed by atoms with Crippen molar-refractivity contribution in [2.45, 2.75) is 72.4 Å². The van der Waals surface area contributed by atoms with E-state index < -0.39 is 5.54 Å². The van der Waals surface area contributed by atoms with E-state index in [-0.39, 0.29) is 5.97 Å². The Kier molecular flexibility index (Phi) is 9.86. The third-order valence-corrected chi connectivity index (χ3v) is 3.63. The molecular weight excluding hydrogens is 252 g/mol. The number of nitrogens with zero attached hydrogens (tertiary/aromatic N) is 1. The first-order valence-electron chi connectivity index (χ1n) is 8.07. The SMILES string of the molecule is CCCNC(C)(CCN(CCC)C(C)C)C(=O)OCC. The van der Waals surface area contributed by atoms with Gasteiger partial charge in [-0.2, -0.15) is 0 Å². The summed E-state index contributed by atoms with van der Waals surface area (Å²) >= 11 is 0. The minimum Gasteiger partial charge on any atom is -0.465 e. The zero-order chi connectivity index (χ0) is 15.6. The first kappa shape index (κ1) is 19.4. The molecule has 0 rings (SSSR count). The van der Waals surface area contributed by atoms with E-state index in [1.807, 2.05) is 13.8 Å². The zero-order valence-corrected chi connectivity index (χ0v) is 14.3. The fourth-order valence-corrected chi connectivity index (χ4v) is 2.24. The van der Waals surface area contributed by atoms with Crippen LogP contribution in [0.2, 0.25) is 0 Å². The molecule has 120 valence electrons. The van der Waals surface area contributed by atoms with Gasteiger partial charge in [0.2, 0.25) is 0 Å². The Balaban J connectivity index is 4.66. The molecule has 0 aliphatic carbocycles. The molecule has 1 N–H and O–H groups in total. The average Bonchev–Trinajstić information content (AvgIpc) is 2.41. The second kappa shape index (κ2) is 10.2. The number of nitrogens with one attached hydrogen (secondary N) is 1. The standard InChI is InChI=1S/C16H34N2O2/c1-7-11-17-16(6,15(19)20-9-3)10-13-18(12-8-2)14(4)5/h14,17H,7-13H2,1-6H3. The van der Waals surface area contributed by atoms with Crippen LogP contribution in [-0.2, 0) is 9.53 Å². The smallest absolute Gasteiger partial charge is 0.326 e. The second-order valence-corrected chi connectivity index (χ2v) is 5.86. The van der Waals surface area contributed by atoms with Crippen molar-refractivity contribution in [3.8, 4) is 0 Å². The molecule has 4 nitrogen and oxygen atoms in total. The molecule has 1 atom stereocenters. The van der Waals surface area contributed by atoms with Gasteiger partial charge in [0.25, 0.3) is 0 Å². The van der Waals surface area contributed by atoms with Gasteiger partial charge in [0.1, 0.15) is 5.54 Å². The topological polar surface area (TPSA) is 41.6 Å². The van der Waals surface area contributed by atoms with Gasteiger partial charge in [-0.1, -0.05) is 13.8 Å². The summed E-state index contributed by atoms with van der Waals surface area (Å²) in [6.45, 7) is 15.8. The molecule has 0 fully saturated rings. The van der Waals surface area contributed by atoms with E-state index in [2.05, 4.69) is 37.9 Å². The fourth-order valence-electron chi connectivity index (χ4n) is 2.24. The number of hydrogen-bond donors (Lipinski definition) is 1. The highest BCUT2D eigenvalue weighted by molar-refractivity contribution is 5.80. The third-order valence-electron chi connectivity index (χ3n) is 3.63. The van der Waals surface area contributed by atoms with Crippen molar-refractivity contribution in [3.63, 3.8) is 0 Å². The number of hydrogen-bond acceptors (Lipinski definition) is 4. The van der Waals surface area contributed by atoms with Crippen LogP contribution in [-0.4, -0.2) is 48.7 Å². The molecule has 20 heavy (non-hydrogen) atoms. The van der Waals surface area contributed by atoms with Crippen molar-refractivity contribution in [1.29, 1.82) is 0 Å². The van der Waals surface area contributed by atoms with Crippen LogP contribution in [0.5, 0.6) is 0 Å². The van der Waals surface area contributed by atoms with Crippen molar-refractivity contribution in [1.82, 2.24) is 10.2 Å². The second-order valence-electron chi connectivity index (χ2n) is 5.86. The van der Waals surface area contributed by atoms with E-state index in [4.69, 9.17) is 4.74 Å². The van der Waals surface area contributed by atoms with Crippen LogP contribution in [0.25, 0.3) is 0 Å². The van der Waals surface area contributed by atoms with E-state index in [9.17, 15) is 4.79 Å². The van der Waals surface area contributed by atoms with Crippen molar-refractivity contribution in [2.24, 2.45) is 0 Å². The molecule has 0 aromatic heterocycles. The van der Waals surface area contributed by atoms with Crippen LogP contribution in [0.3, 0.4) is 0 Å². The molecule has 1 unspecified atom stereocenters. The van der Waals surface area contributed by atoms with Crippen LogP contribution in [0.1, 0.15) is 60.8 Å². The van der Waals surface area contributed by atoms with Crippen LogP contribution in [0.15, 0.2) is 0 Å². The third kappa shape index (κ3) is 6.71. The lowest BCUT2D eigenvalue weighted by molar-refractivity contribution is -0.151. The van der Waals surface area contributed by atoms with E-state index >= 15 is 0 Å². The molecule has 0 radical (unpaired) electrons. The van der Waals surface area contributed by atoms with Gasteiger partial charge in [-0.3, -0.25) is 4.79 Å². The molecule has 0 aromatic carbocycles. The molecular formula is C16H34N2O2. The molecule has 0 amide bonds. The van der Waals surface area contributed by atoms with Gasteiger partial charge in [0.05, 0.1) is 6.61 Å². The summed E-state index contributed by atoms with van der Waals surface area (Å²) in [7, 11) is 0. The molecule has 0 spiro atoms. The number of rotatable bonds is 11. The van der Waals surface area contributed by atoms with Gasteiger partial charge < -0.3 is 15.0 Å². The van der Waals surface area contributed by atoms with Crippen LogP contribution < -0.4 is 5.32 Å². The molecule has 0 saturated carbocycles. The van der Waals surface area contributed by atoms with Gasteiger partial charge in [-0.05, 0) is 60.0 Å². The lowest BCUT2D eigenvalue weighted by Gasteiger charge is -2.33. The quantitative estimate of drug-likeness (QED) is 0.593. The summed E-state index contributed by atoms with van der Waals surface area (Å²) in [5, 5.41) is 3.37. The van der Waals surface area contributed by atoms with Gasteiger partial charge >= 0.3 is 5.97 Å². The Morgan fingerprint density at radius 3 is 2.30 bits per heavy atom. The molecule has 0 bridgehead atoms. The molecule has 0 aromatic rings. The van der Waals surface area contributed by atoms with Gasteiger partial charge in [-0.15, -0.1) is 0 Å².